The molecule has 32 heavy (non-hydrogen) atoms. The van der Waals surface area contributed by atoms with Crippen molar-refractivity contribution in [3.05, 3.63) is 30.6 Å². The van der Waals surface area contributed by atoms with Gasteiger partial charge in [-0.3, -0.25) is 9.48 Å². The molecule has 1 aromatic carbocycles. The average Bonchev–Trinajstić information content (AvgIpc) is 3.34. The van der Waals surface area contributed by atoms with E-state index in [1.165, 1.54) is 32.1 Å². The summed E-state index contributed by atoms with van der Waals surface area (Å²) in [4.78, 5) is 23.5. The van der Waals surface area contributed by atoms with Crippen molar-refractivity contribution in [3.63, 3.8) is 0 Å². The monoisotopic (exact) mass is 434 g/mol. The molecule has 2 fully saturated rings. The summed E-state index contributed by atoms with van der Waals surface area (Å²) >= 11 is 0. The second-order valence-electron chi connectivity index (χ2n) is 8.92. The molecule has 2 aliphatic rings. The molecule has 1 saturated carbocycles. The summed E-state index contributed by atoms with van der Waals surface area (Å²) in [6.45, 7) is 1.42. The first-order chi connectivity index (χ1) is 15.6. The number of primary amides is 1. The highest BCUT2D eigenvalue weighted by Crippen LogP contribution is 2.33. The van der Waals surface area contributed by atoms with Crippen LogP contribution in [0.25, 0.3) is 22.2 Å². The number of nitrogens with two attached hydrogens (primary N) is 1. The maximum absolute atomic E-state index is 11.6. The fourth-order valence-electron chi connectivity index (χ4n) is 4.96. The molecule has 8 heteroatoms. The highest BCUT2D eigenvalue weighted by atomic mass is 16.5. The summed E-state index contributed by atoms with van der Waals surface area (Å²) in [7, 11) is 1.66. The van der Waals surface area contributed by atoms with Crippen LogP contribution in [0.5, 0.6) is 5.75 Å². The van der Waals surface area contributed by atoms with Crippen molar-refractivity contribution in [2.75, 3.05) is 25.1 Å². The lowest BCUT2D eigenvalue weighted by Crippen LogP contribution is -2.39. The van der Waals surface area contributed by atoms with Crippen LogP contribution in [0, 0.1) is 5.92 Å². The Labute approximate surface area is 187 Å². The van der Waals surface area contributed by atoms with E-state index >= 15 is 0 Å². The van der Waals surface area contributed by atoms with Crippen LogP contribution in [0.2, 0.25) is 0 Å². The fraction of sp³-hybridized carbons (Fsp3) is 0.500. The Hall–Kier alpha value is -3.16. The van der Waals surface area contributed by atoms with Crippen molar-refractivity contribution >= 4 is 22.8 Å². The molecule has 0 bridgehead atoms. The summed E-state index contributed by atoms with van der Waals surface area (Å²) in [5, 5.41) is 5.67. The van der Waals surface area contributed by atoms with E-state index in [0.717, 1.165) is 40.8 Å². The molecule has 2 N–H and O–H groups in total. The molecule has 1 aliphatic carbocycles. The lowest BCUT2D eigenvalue weighted by molar-refractivity contribution is -0.122. The van der Waals surface area contributed by atoms with Gasteiger partial charge in [-0.15, -0.1) is 0 Å². The third kappa shape index (κ3) is 4.01. The normalized spacial score (nSPS) is 18.2. The van der Waals surface area contributed by atoms with Crippen molar-refractivity contribution in [3.8, 4) is 17.0 Å². The molecule has 1 saturated heterocycles. The molecule has 168 valence electrons. The summed E-state index contributed by atoms with van der Waals surface area (Å²) < 4.78 is 7.55. The number of ether oxygens (including phenoxy) is 1. The van der Waals surface area contributed by atoms with Gasteiger partial charge in [0.15, 0.2) is 0 Å². The molecular weight excluding hydrogens is 404 g/mol. The molecule has 1 aliphatic heterocycles. The van der Waals surface area contributed by atoms with Gasteiger partial charge in [-0.25, -0.2) is 9.97 Å². The van der Waals surface area contributed by atoms with Gasteiger partial charge in [0.05, 0.1) is 30.6 Å². The van der Waals surface area contributed by atoms with Crippen LogP contribution in [0.3, 0.4) is 0 Å². The molecule has 0 radical (unpaired) electrons. The minimum Gasteiger partial charge on any atom is -0.497 e. The summed E-state index contributed by atoms with van der Waals surface area (Å²) in [5.41, 5.74) is 8.23. The van der Waals surface area contributed by atoms with Gasteiger partial charge < -0.3 is 15.4 Å². The van der Waals surface area contributed by atoms with Gasteiger partial charge in [0.1, 0.15) is 5.75 Å². The number of aromatic nitrogens is 4. The standard InChI is InChI=1S/C24H30N6O2/c1-32-19-7-8-20-21(13-19)27-24(29-11-9-16(10-12-29)23(25)31)28-22(20)17-14-26-30(15-17)18-5-3-2-4-6-18/h7-8,13-16,18H,2-6,9-12H2,1H3,(H2,25,31). The lowest BCUT2D eigenvalue weighted by atomic mass is 9.96. The highest BCUT2D eigenvalue weighted by molar-refractivity contribution is 5.93. The van der Waals surface area contributed by atoms with Gasteiger partial charge in [0.25, 0.3) is 0 Å². The lowest BCUT2D eigenvalue weighted by Gasteiger charge is -2.30. The van der Waals surface area contributed by atoms with Gasteiger partial charge in [-0.2, -0.15) is 5.10 Å². The number of methoxy groups -OCH3 is 1. The van der Waals surface area contributed by atoms with E-state index in [0.29, 0.717) is 25.1 Å². The quantitative estimate of drug-likeness (QED) is 0.657. The van der Waals surface area contributed by atoms with Crippen molar-refractivity contribution in [1.29, 1.82) is 0 Å². The number of nitrogens with zero attached hydrogens (tertiary/aromatic N) is 5. The van der Waals surface area contributed by atoms with E-state index in [2.05, 4.69) is 15.8 Å². The number of carbonyl (C=O) groups is 1. The zero-order valence-corrected chi connectivity index (χ0v) is 18.5. The van der Waals surface area contributed by atoms with Crippen molar-refractivity contribution < 1.29 is 9.53 Å². The molecule has 0 spiro atoms. The first-order valence-corrected chi connectivity index (χ1v) is 11.6. The molecule has 0 unspecified atom stereocenters. The van der Waals surface area contributed by atoms with E-state index in [-0.39, 0.29) is 11.8 Å². The van der Waals surface area contributed by atoms with Crippen molar-refractivity contribution in [2.45, 2.75) is 51.0 Å². The van der Waals surface area contributed by atoms with Crippen LogP contribution < -0.4 is 15.4 Å². The first kappa shape index (κ1) is 20.7. The number of carbonyl (C=O) groups excluding carboxylic acids is 1. The second-order valence-corrected chi connectivity index (χ2v) is 8.92. The maximum Gasteiger partial charge on any atom is 0.226 e. The predicted molar refractivity (Wildman–Crippen MR) is 124 cm³/mol. The van der Waals surface area contributed by atoms with E-state index in [4.69, 9.17) is 25.5 Å². The van der Waals surface area contributed by atoms with Gasteiger partial charge in [0.2, 0.25) is 11.9 Å². The van der Waals surface area contributed by atoms with Gasteiger partial charge >= 0.3 is 0 Å². The number of fused-ring (bicyclic) bond motifs is 1. The summed E-state index contributed by atoms with van der Waals surface area (Å²) in [5.74, 6) is 1.15. The number of rotatable bonds is 5. The molecular formula is C24H30N6O2. The molecule has 3 aromatic rings. The molecule has 1 amide bonds. The number of amides is 1. The molecule has 8 nitrogen and oxygen atoms in total. The van der Waals surface area contributed by atoms with Crippen LogP contribution >= 0.6 is 0 Å². The molecule has 5 rings (SSSR count). The molecule has 3 heterocycles. The van der Waals surface area contributed by atoms with Gasteiger partial charge in [-0.05, 0) is 37.8 Å². The smallest absolute Gasteiger partial charge is 0.226 e. The Morgan fingerprint density at radius 2 is 1.88 bits per heavy atom. The minimum atomic E-state index is -0.218. The van der Waals surface area contributed by atoms with Gasteiger partial charge in [0, 0.05) is 42.2 Å². The van der Waals surface area contributed by atoms with Crippen LogP contribution in [-0.4, -0.2) is 45.9 Å². The third-order valence-electron chi connectivity index (χ3n) is 6.90. The number of benzene rings is 1. The average molecular weight is 435 g/mol. The third-order valence-corrected chi connectivity index (χ3v) is 6.90. The minimum absolute atomic E-state index is 0.0694. The second kappa shape index (κ2) is 8.76. The fourth-order valence-corrected chi connectivity index (χ4v) is 4.96. The number of piperidine rings is 1. The number of hydrogen-bond acceptors (Lipinski definition) is 6. The predicted octanol–water partition coefficient (Wildman–Crippen LogP) is 3.71. The van der Waals surface area contributed by atoms with E-state index < -0.39 is 0 Å². The van der Waals surface area contributed by atoms with Gasteiger partial charge in [-0.1, -0.05) is 19.3 Å². The Balaban J connectivity index is 1.52. The molecule has 0 atom stereocenters. The van der Waals surface area contributed by atoms with Crippen LogP contribution in [0.1, 0.15) is 51.0 Å². The summed E-state index contributed by atoms with van der Waals surface area (Å²) in [6.07, 6.45) is 11.7. The van der Waals surface area contributed by atoms with E-state index in [9.17, 15) is 4.79 Å². The van der Waals surface area contributed by atoms with Crippen LogP contribution in [0.4, 0.5) is 5.95 Å². The van der Waals surface area contributed by atoms with Crippen molar-refractivity contribution in [2.24, 2.45) is 11.7 Å². The number of anilines is 1. The zero-order chi connectivity index (χ0) is 22.1. The van der Waals surface area contributed by atoms with E-state index in [1.807, 2.05) is 24.4 Å². The summed E-state index contributed by atoms with van der Waals surface area (Å²) in [6, 6.07) is 6.38. The Morgan fingerprint density at radius 3 is 2.59 bits per heavy atom. The SMILES string of the molecule is COc1ccc2c(-c3cnn(C4CCCCC4)c3)nc(N3CCC(C(N)=O)CC3)nc2c1. The Bertz CT molecular complexity index is 1110. The van der Waals surface area contributed by atoms with Crippen LogP contribution in [0.15, 0.2) is 30.6 Å². The van der Waals surface area contributed by atoms with Crippen molar-refractivity contribution in [1.82, 2.24) is 19.7 Å². The Morgan fingerprint density at radius 1 is 1.09 bits per heavy atom. The number of hydrogen-bond donors (Lipinski definition) is 1. The highest BCUT2D eigenvalue weighted by Gasteiger charge is 2.26. The van der Waals surface area contributed by atoms with E-state index in [1.54, 1.807) is 7.11 Å². The molecule has 2 aromatic heterocycles. The largest absolute Gasteiger partial charge is 0.497 e. The first-order valence-electron chi connectivity index (χ1n) is 11.6. The maximum atomic E-state index is 11.6. The Kier molecular flexibility index (Phi) is 5.68. The van der Waals surface area contributed by atoms with Crippen LogP contribution in [-0.2, 0) is 4.79 Å². The topological polar surface area (TPSA) is 99.2 Å². The zero-order valence-electron chi connectivity index (χ0n) is 18.5.